The van der Waals surface area contributed by atoms with Crippen LogP contribution in [-0.4, -0.2) is 187 Å². The van der Waals surface area contributed by atoms with Crippen molar-refractivity contribution in [2.75, 3.05) is 84.1 Å². The second-order valence-corrected chi connectivity index (χ2v) is 22.9. The second-order valence-electron chi connectivity index (χ2n) is 19.8. The van der Waals surface area contributed by atoms with E-state index in [4.69, 9.17) is 4.74 Å². The number of likely N-dealkylation sites (tertiary alicyclic amines) is 2. The molecule has 2 aliphatic carbocycles. The van der Waals surface area contributed by atoms with Crippen LogP contribution < -0.4 is 21.3 Å². The summed E-state index contributed by atoms with van der Waals surface area (Å²) in [5.41, 5.74) is -0.251. The van der Waals surface area contributed by atoms with Crippen LogP contribution in [0.1, 0.15) is 89.9 Å². The van der Waals surface area contributed by atoms with E-state index in [0.29, 0.717) is 69.7 Å². The van der Waals surface area contributed by atoms with Gasteiger partial charge < -0.3 is 20.3 Å². The van der Waals surface area contributed by atoms with Gasteiger partial charge in [-0.25, -0.2) is 12.7 Å². The molecule has 8 rings (SSSR count). The van der Waals surface area contributed by atoms with Gasteiger partial charge in [0.1, 0.15) is 17.6 Å². The summed E-state index contributed by atoms with van der Waals surface area (Å²) in [4.78, 5) is 98.7. The van der Waals surface area contributed by atoms with Gasteiger partial charge in [0.05, 0.1) is 24.0 Å². The Balaban J connectivity index is 0.710. The third-order valence-corrected chi connectivity index (χ3v) is 17.8. The summed E-state index contributed by atoms with van der Waals surface area (Å²) >= 11 is 1.67. The number of carbonyl (C=O) groups is 7. The molecule has 4 N–H and O–H groups in total. The lowest BCUT2D eigenvalue weighted by Crippen LogP contribution is -2.58. The molecule has 8 atom stereocenters. The van der Waals surface area contributed by atoms with Gasteiger partial charge in [-0.3, -0.25) is 58.9 Å². The summed E-state index contributed by atoms with van der Waals surface area (Å²) in [6.07, 6.45) is 11.2. The van der Waals surface area contributed by atoms with E-state index in [9.17, 15) is 42.0 Å². The third kappa shape index (κ3) is 11.7. The highest BCUT2D eigenvalue weighted by Gasteiger charge is 2.55. The minimum Gasteiger partial charge on any atom is -0.381 e. The topological polar surface area (TPSA) is 227 Å². The van der Waals surface area contributed by atoms with Crippen LogP contribution in [0, 0.1) is 29.6 Å². The number of hydrogen-bond donors (Lipinski definition) is 4. The molecule has 65 heavy (non-hydrogen) atoms. The Bertz CT molecular complexity index is 1910. The van der Waals surface area contributed by atoms with Gasteiger partial charge in [0.2, 0.25) is 51.4 Å². The maximum Gasteiger partial charge on any atom is 0.249 e. The summed E-state index contributed by atoms with van der Waals surface area (Å²) in [7, 11) is -3.42. The summed E-state index contributed by atoms with van der Waals surface area (Å²) in [6.45, 7) is 6.66. The number of imide groups is 2. The molecule has 0 radical (unpaired) electrons. The Kier molecular flexibility index (Phi) is 15.9. The number of amides is 7. The number of nitrogens with one attached hydrogen (secondary N) is 4. The first-order valence-electron chi connectivity index (χ1n) is 24.2. The molecule has 0 aromatic carbocycles. The lowest BCUT2D eigenvalue weighted by Gasteiger charge is -2.49. The normalized spacial score (nSPS) is 31.7. The average Bonchev–Trinajstić information content (AvgIpc) is 4.02. The van der Waals surface area contributed by atoms with E-state index < -0.39 is 39.8 Å². The van der Waals surface area contributed by atoms with Crippen molar-refractivity contribution in [3.05, 3.63) is 0 Å². The molecule has 2 saturated carbocycles. The number of piperidine rings is 1. The molecular formula is C44H69N9O10S2. The van der Waals surface area contributed by atoms with E-state index in [1.165, 1.54) is 36.4 Å². The van der Waals surface area contributed by atoms with Crippen LogP contribution in [0.2, 0.25) is 0 Å². The zero-order chi connectivity index (χ0) is 45.8. The first-order chi connectivity index (χ1) is 31.2. The first kappa shape index (κ1) is 48.3. The molecule has 0 aromatic rings. The number of thioether (sulfide) groups is 1. The summed E-state index contributed by atoms with van der Waals surface area (Å²) < 4.78 is 31.3. The first-order valence-corrected chi connectivity index (χ1v) is 27.1. The van der Waals surface area contributed by atoms with Crippen molar-refractivity contribution in [3.63, 3.8) is 0 Å². The van der Waals surface area contributed by atoms with Gasteiger partial charge in [0.25, 0.3) is 0 Å². The molecule has 7 amide bonds. The fraction of sp³-hybridized carbons (Fsp3) is 0.841. The molecule has 8 fully saturated rings. The van der Waals surface area contributed by atoms with E-state index in [2.05, 4.69) is 31.1 Å². The Hall–Kier alpha value is -3.21. The number of hydrogen-bond acceptors (Lipinski definition) is 14. The monoisotopic (exact) mass is 947 g/mol. The maximum atomic E-state index is 13.6. The van der Waals surface area contributed by atoms with Crippen LogP contribution in [0.3, 0.4) is 0 Å². The highest BCUT2D eigenvalue weighted by molar-refractivity contribution is 8.00. The fourth-order valence-corrected chi connectivity index (χ4v) is 13.6. The van der Waals surface area contributed by atoms with Crippen LogP contribution in [-0.2, 0) is 48.3 Å². The minimum atomic E-state index is -3.42. The van der Waals surface area contributed by atoms with Crippen molar-refractivity contribution < 1.29 is 46.7 Å². The van der Waals surface area contributed by atoms with E-state index in [1.54, 1.807) is 11.8 Å². The number of nitrogens with zero attached hydrogens (tertiary/aromatic N) is 5. The van der Waals surface area contributed by atoms with Crippen molar-refractivity contribution in [1.82, 2.24) is 45.2 Å². The molecule has 21 heteroatoms. The van der Waals surface area contributed by atoms with Crippen LogP contribution in [0.25, 0.3) is 0 Å². The molecule has 7 unspecified atom stereocenters. The molecule has 0 bridgehead atoms. The van der Waals surface area contributed by atoms with E-state index in [-0.39, 0.29) is 91.9 Å². The summed E-state index contributed by atoms with van der Waals surface area (Å²) in [5.74, 6) is -1.32. The lowest BCUT2D eigenvalue weighted by atomic mass is 9.76. The van der Waals surface area contributed by atoms with Gasteiger partial charge in [-0.1, -0.05) is 19.3 Å². The van der Waals surface area contributed by atoms with Gasteiger partial charge in [-0.15, -0.1) is 11.8 Å². The van der Waals surface area contributed by atoms with Gasteiger partial charge >= 0.3 is 0 Å². The number of sulfonamides is 1. The summed E-state index contributed by atoms with van der Waals surface area (Å²) in [5, 5.41) is 11.8. The van der Waals surface area contributed by atoms with Crippen LogP contribution in [0.4, 0.5) is 0 Å². The molecule has 19 nitrogen and oxygen atoms in total. The Morgan fingerprint density at radius 3 is 2.35 bits per heavy atom. The molecule has 6 aliphatic heterocycles. The maximum absolute atomic E-state index is 13.6. The van der Waals surface area contributed by atoms with E-state index >= 15 is 0 Å². The van der Waals surface area contributed by atoms with Crippen molar-refractivity contribution in [3.8, 4) is 0 Å². The molecule has 6 saturated heterocycles. The van der Waals surface area contributed by atoms with Crippen molar-refractivity contribution in [2.45, 2.75) is 120 Å². The molecule has 0 spiro atoms. The largest absolute Gasteiger partial charge is 0.381 e. The van der Waals surface area contributed by atoms with Crippen LogP contribution in [0.5, 0.6) is 0 Å². The third-order valence-electron chi connectivity index (χ3n) is 15.4. The van der Waals surface area contributed by atoms with Crippen LogP contribution >= 0.6 is 11.8 Å². The van der Waals surface area contributed by atoms with Crippen molar-refractivity contribution in [2.24, 2.45) is 29.6 Å². The zero-order valence-electron chi connectivity index (χ0n) is 37.8. The molecule has 8 aliphatic rings. The second kappa shape index (κ2) is 21.4. The number of rotatable bonds is 17. The average molecular weight is 948 g/mol. The molecule has 362 valence electrons. The number of piperazine rings is 1. The minimum absolute atomic E-state index is 0.0899. The Labute approximate surface area is 387 Å². The summed E-state index contributed by atoms with van der Waals surface area (Å²) in [6, 6.07) is -1.17. The van der Waals surface area contributed by atoms with Gasteiger partial charge in [0, 0.05) is 103 Å². The van der Waals surface area contributed by atoms with E-state index in [0.717, 1.165) is 56.1 Å². The lowest BCUT2D eigenvalue weighted by molar-refractivity contribution is -0.151. The Morgan fingerprint density at radius 1 is 0.877 bits per heavy atom. The van der Waals surface area contributed by atoms with Crippen LogP contribution in [0.15, 0.2) is 0 Å². The fourth-order valence-electron chi connectivity index (χ4n) is 11.5. The van der Waals surface area contributed by atoms with E-state index in [1.807, 2.05) is 4.90 Å². The van der Waals surface area contributed by atoms with Crippen molar-refractivity contribution >= 4 is 63.1 Å². The zero-order valence-corrected chi connectivity index (χ0v) is 39.4. The quantitative estimate of drug-likeness (QED) is 0.108. The smallest absolute Gasteiger partial charge is 0.249 e. The SMILES string of the molecule is CS(=O)(=O)N1CCC(C(=O)N[C@@H](CCOCCCC(=O)N2CCN(CC3CN(C4CCC5C(=O)N(C6CCC(=O)NC6=O)C(=O)C5C4)C3)CC2)C(=O)NC2NC(C3CCCCC3)CS2)C1. The predicted octanol–water partition coefficient (Wildman–Crippen LogP) is -0.340. The molecule has 6 heterocycles. The van der Waals surface area contributed by atoms with Crippen molar-refractivity contribution in [1.29, 1.82) is 0 Å². The predicted molar refractivity (Wildman–Crippen MR) is 240 cm³/mol. The van der Waals surface area contributed by atoms with Gasteiger partial charge in [-0.05, 0) is 69.6 Å². The highest BCUT2D eigenvalue weighted by atomic mass is 32.2. The highest BCUT2D eigenvalue weighted by Crippen LogP contribution is 2.42. The molecular weight excluding hydrogens is 879 g/mol. The Morgan fingerprint density at radius 2 is 1.63 bits per heavy atom. The standard InChI is InChI=1S/C44H69N9O10S2/c1-65(61,62)52-15-13-30(26-52)39(56)45-34(40(57)48-44-46-35(27-64-44)29-6-3-2-4-7-29)14-21-63-20-5-8-38(55)50-18-16-49(17-19-50)23-28-24-51(25-28)31-9-10-32-33(22-31)43(60)53(42(32)59)36-11-12-37(54)47-41(36)58/h28-36,44,46H,2-27H2,1H3,(H,45,56)(H,48,57)(H,47,54,58)/t30?,31?,32?,33?,34-,35?,36?,44?/m0/s1. The van der Waals surface area contributed by atoms with Gasteiger partial charge in [0.15, 0.2) is 0 Å². The van der Waals surface area contributed by atoms with Gasteiger partial charge in [-0.2, -0.15) is 0 Å². The molecule has 0 aromatic heterocycles. The number of carbonyl (C=O) groups excluding carboxylic acids is 7. The number of fused-ring (bicyclic) bond motifs is 1. The number of ether oxygens (including phenoxy) is 1.